The Morgan fingerprint density at radius 3 is 2.70 bits per heavy atom. The standard InChI is InChI=1S/C25H32O5/c1-6-15(2)22(26)30-20-12-17-18(25(5)10-7-9-24(3,4)21(20)25)13-19(29-23(17)27)16-8-11-28-14-16/h6,8,11-12,14,18-21H,7,9-10,13H2,1-5H3/t18-,19+,20-,21-,25+/m0/s1. The highest BCUT2D eigenvalue weighted by Crippen LogP contribution is 2.63. The van der Waals surface area contributed by atoms with Crippen LogP contribution in [0.4, 0.5) is 0 Å². The molecule has 3 aliphatic rings. The van der Waals surface area contributed by atoms with Gasteiger partial charge in [0.05, 0.1) is 12.5 Å². The van der Waals surface area contributed by atoms with Gasteiger partial charge in [0, 0.05) is 28.5 Å². The van der Waals surface area contributed by atoms with Crippen LogP contribution in [0.15, 0.2) is 46.3 Å². The Balaban J connectivity index is 1.76. The average Bonchev–Trinajstić information content (AvgIpc) is 3.22. The van der Waals surface area contributed by atoms with E-state index in [0.29, 0.717) is 11.1 Å². The topological polar surface area (TPSA) is 65.7 Å². The molecular formula is C25H32O5. The molecule has 0 unspecified atom stereocenters. The molecule has 0 spiro atoms. The number of hydrogen-bond donors (Lipinski definition) is 0. The molecule has 5 heteroatoms. The summed E-state index contributed by atoms with van der Waals surface area (Å²) in [7, 11) is 0. The van der Waals surface area contributed by atoms with Gasteiger partial charge in [0.15, 0.2) is 0 Å². The van der Waals surface area contributed by atoms with Crippen LogP contribution in [0, 0.1) is 22.7 Å². The second-order valence-corrected chi connectivity index (χ2v) is 10.0. The molecule has 30 heavy (non-hydrogen) atoms. The number of allylic oxidation sites excluding steroid dienone is 1. The van der Waals surface area contributed by atoms with Crippen LogP contribution >= 0.6 is 0 Å². The van der Waals surface area contributed by atoms with E-state index in [1.807, 2.05) is 19.1 Å². The summed E-state index contributed by atoms with van der Waals surface area (Å²) >= 11 is 0. The monoisotopic (exact) mass is 412 g/mol. The van der Waals surface area contributed by atoms with E-state index in [-0.39, 0.29) is 40.7 Å². The van der Waals surface area contributed by atoms with Gasteiger partial charge >= 0.3 is 11.9 Å². The molecule has 0 aromatic carbocycles. The minimum Gasteiger partial charge on any atom is -0.472 e. The van der Waals surface area contributed by atoms with Crippen molar-refractivity contribution in [1.29, 1.82) is 0 Å². The van der Waals surface area contributed by atoms with Crippen LogP contribution in [-0.4, -0.2) is 18.0 Å². The summed E-state index contributed by atoms with van der Waals surface area (Å²) in [5.41, 5.74) is 1.99. The van der Waals surface area contributed by atoms with Crippen LogP contribution in [0.5, 0.6) is 0 Å². The van der Waals surface area contributed by atoms with Crippen molar-refractivity contribution in [3.05, 3.63) is 47.5 Å². The molecule has 2 fully saturated rings. The summed E-state index contributed by atoms with van der Waals surface area (Å²) in [5, 5.41) is 0. The second-order valence-electron chi connectivity index (χ2n) is 10.0. The normalized spacial score (nSPS) is 35.6. The lowest BCUT2D eigenvalue weighted by atomic mass is 9.47. The van der Waals surface area contributed by atoms with Crippen molar-refractivity contribution in [3.8, 4) is 0 Å². The first kappa shape index (κ1) is 21.0. The van der Waals surface area contributed by atoms with Crippen molar-refractivity contribution in [2.45, 2.75) is 72.5 Å². The molecule has 5 atom stereocenters. The van der Waals surface area contributed by atoms with Crippen LogP contribution in [0.25, 0.3) is 0 Å². The van der Waals surface area contributed by atoms with Crippen LogP contribution in [0.2, 0.25) is 0 Å². The van der Waals surface area contributed by atoms with Gasteiger partial charge in [-0.05, 0) is 56.1 Å². The van der Waals surface area contributed by atoms with E-state index in [1.165, 1.54) is 0 Å². The molecule has 1 aromatic heterocycles. The first-order valence-corrected chi connectivity index (χ1v) is 11.0. The van der Waals surface area contributed by atoms with Gasteiger partial charge in [0.25, 0.3) is 0 Å². The Bertz CT molecular complexity index is 891. The number of esters is 2. The number of carbonyl (C=O) groups is 2. The summed E-state index contributed by atoms with van der Waals surface area (Å²) in [4.78, 5) is 25.7. The summed E-state index contributed by atoms with van der Waals surface area (Å²) < 4.78 is 17.0. The smallest absolute Gasteiger partial charge is 0.334 e. The lowest BCUT2D eigenvalue weighted by Crippen LogP contribution is -2.57. The molecule has 2 heterocycles. The Kier molecular flexibility index (Phi) is 5.19. The Hall–Kier alpha value is -2.30. The van der Waals surface area contributed by atoms with Gasteiger partial charge in [-0.1, -0.05) is 33.3 Å². The molecule has 2 aliphatic carbocycles. The third-order valence-electron chi connectivity index (χ3n) is 7.78. The van der Waals surface area contributed by atoms with Crippen LogP contribution in [0.3, 0.4) is 0 Å². The largest absolute Gasteiger partial charge is 0.472 e. The van der Waals surface area contributed by atoms with Gasteiger partial charge in [-0.25, -0.2) is 9.59 Å². The molecule has 0 bridgehead atoms. The minimum absolute atomic E-state index is 0.00367. The number of fused-ring (bicyclic) bond motifs is 3. The zero-order chi connectivity index (χ0) is 21.7. The molecule has 1 aliphatic heterocycles. The Labute approximate surface area is 178 Å². The lowest BCUT2D eigenvalue weighted by molar-refractivity contribution is -0.172. The van der Waals surface area contributed by atoms with Crippen molar-refractivity contribution >= 4 is 11.9 Å². The third-order valence-corrected chi connectivity index (χ3v) is 7.78. The van der Waals surface area contributed by atoms with E-state index in [1.54, 1.807) is 25.5 Å². The molecule has 1 saturated heterocycles. The SMILES string of the molecule is CC=C(C)C(=O)O[C@H]1C=C2C(=O)O[C@@H](c3ccoc3)C[C@@H]2[C@@]2(C)CCCC(C)(C)[C@H]12. The first-order chi connectivity index (χ1) is 14.2. The fourth-order valence-electron chi connectivity index (χ4n) is 6.25. The molecule has 162 valence electrons. The van der Waals surface area contributed by atoms with Crippen LogP contribution in [0.1, 0.15) is 72.0 Å². The highest BCUT2D eigenvalue weighted by molar-refractivity contribution is 5.91. The molecule has 5 nitrogen and oxygen atoms in total. The maximum Gasteiger partial charge on any atom is 0.334 e. The highest BCUT2D eigenvalue weighted by Gasteiger charge is 2.59. The number of furan rings is 1. The molecule has 1 saturated carbocycles. The van der Waals surface area contributed by atoms with E-state index in [2.05, 4.69) is 20.8 Å². The summed E-state index contributed by atoms with van der Waals surface area (Å²) in [5.74, 6) is -0.413. The fraction of sp³-hybridized carbons (Fsp3) is 0.600. The Morgan fingerprint density at radius 1 is 1.27 bits per heavy atom. The minimum atomic E-state index is -0.433. The Morgan fingerprint density at radius 2 is 2.03 bits per heavy atom. The summed E-state index contributed by atoms with van der Waals surface area (Å²) in [6.07, 6.45) is 10.1. The van der Waals surface area contributed by atoms with E-state index < -0.39 is 6.10 Å². The van der Waals surface area contributed by atoms with Gasteiger partial charge in [0.1, 0.15) is 12.2 Å². The predicted molar refractivity (Wildman–Crippen MR) is 112 cm³/mol. The number of hydrogen-bond acceptors (Lipinski definition) is 5. The predicted octanol–water partition coefficient (Wildman–Crippen LogP) is 5.53. The zero-order valence-electron chi connectivity index (χ0n) is 18.6. The highest BCUT2D eigenvalue weighted by atomic mass is 16.6. The third kappa shape index (κ3) is 3.32. The zero-order valence-corrected chi connectivity index (χ0v) is 18.6. The maximum absolute atomic E-state index is 13.1. The van der Waals surface area contributed by atoms with Gasteiger partial charge in [-0.3, -0.25) is 0 Å². The fourth-order valence-corrected chi connectivity index (χ4v) is 6.25. The second kappa shape index (κ2) is 7.44. The van der Waals surface area contributed by atoms with Gasteiger partial charge in [-0.2, -0.15) is 0 Å². The molecule has 0 amide bonds. The van der Waals surface area contributed by atoms with Gasteiger partial charge in [-0.15, -0.1) is 0 Å². The van der Waals surface area contributed by atoms with E-state index >= 15 is 0 Å². The number of carbonyl (C=O) groups excluding carboxylic acids is 2. The van der Waals surface area contributed by atoms with Crippen molar-refractivity contribution in [2.24, 2.45) is 22.7 Å². The van der Waals surface area contributed by atoms with Gasteiger partial charge in [0.2, 0.25) is 0 Å². The maximum atomic E-state index is 13.1. The van der Waals surface area contributed by atoms with Gasteiger partial charge < -0.3 is 13.9 Å². The molecule has 4 rings (SSSR count). The quantitative estimate of drug-likeness (QED) is 0.482. The van der Waals surface area contributed by atoms with Crippen molar-refractivity contribution in [1.82, 2.24) is 0 Å². The number of cyclic esters (lactones) is 1. The lowest BCUT2D eigenvalue weighted by Gasteiger charge is -2.59. The van der Waals surface area contributed by atoms with Crippen molar-refractivity contribution < 1.29 is 23.5 Å². The van der Waals surface area contributed by atoms with E-state index in [4.69, 9.17) is 13.9 Å². The number of ether oxygens (including phenoxy) is 2. The molecular weight excluding hydrogens is 380 g/mol. The number of rotatable bonds is 3. The molecule has 1 aromatic rings. The first-order valence-electron chi connectivity index (χ1n) is 11.0. The van der Waals surface area contributed by atoms with Crippen molar-refractivity contribution in [3.63, 3.8) is 0 Å². The summed E-state index contributed by atoms with van der Waals surface area (Å²) in [6, 6.07) is 1.87. The van der Waals surface area contributed by atoms with E-state index in [0.717, 1.165) is 31.2 Å². The van der Waals surface area contributed by atoms with Crippen LogP contribution in [-0.2, 0) is 19.1 Å². The summed E-state index contributed by atoms with van der Waals surface area (Å²) in [6.45, 7) is 10.4. The molecule has 0 radical (unpaired) electrons. The van der Waals surface area contributed by atoms with E-state index in [9.17, 15) is 9.59 Å². The van der Waals surface area contributed by atoms with Crippen LogP contribution < -0.4 is 0 Å². The average molecular weight is 413 g/mol. The van der Waals surface area contributed by atoms with Crippen molar-refractivity contribution in [2.75, 3.05) is 0 Å². The molecule has 0 N–H and O–H groups in total.